The third kappa shape index (κ3) is 2.61. The van der Waals surface area contributed by atoms with Crippen LogP contribution in [0.25, 0.3) is 0 Å². The van der Waals surface area contributed by atoms with E-state index in [9.17, 15) is 9.59 Å². The summed E-state index contributed by atoms with van der Waals surface area (Å²) < 4.78 is 4.57. The summed E-state index contributed by atoms with van der Waals surface area (Å²) in [5.74, 6) is -0.496. The maximum atomic E-state index is 11.2. The average molecular weight is 286 g/mol. The van der Waals surface area contributed by atoms with Gasteiger partial charge in [0.05, 0.1) is 17.5 Å². The van der Waals surface area contributed by atoms with Crippen molar-refractivity contribution in [2.45, 2.75) is 11.8 Å². The lowest BCUT2D eigenvalue weighted by molar-refractivity contribution is -0.116. The highest BCUT2D eigenvalue weighted by atomic mass is 79.9. The quantitative estimate of drug-likeness (QED) is 0.524. The highest BCUT2D eigenvalue weighted by Gasteiger charge is 2.17. The summed E-state index contributed by atoms with van der Waals surface area (Å²) in [5.41, 5.74) is 7.17. The van der Waals surface area contributed by atoms with Gasteiger partial charge in [-0.2, -0.15) is 0 Å². The Balaban J connectivity index is 3.09. The van der Waals surface area contributed by atoms with Crippen LogP contribution >= 0.6 is 15.9 Å². The molecule has 0 saturated heterocycles. The Labute approximate surface area is 102 Å². The molecule has 0 aliphatic heterocycles. The Kier molecular flexibility index (Phi) is 4.06. The van der Waals surface area contributed by atoms with Crippen molar-refractivity contribution in [3.05, 3.63) is 29.3 Å². The molecule has 16 heavy (non-hydrogen) atoms. The third-order valence-electron chi connectivity index (χ3n) is 2.14. The van der Waals surface area contributed by atoms with Crippen LogP contribution in [0.5, 0.6) is 0 Å². The number of carbonyl (C=O) groups excluding carboxylic acids is 2. The predicted octanol–water partition coefficient (Wildman–Crippen LogP) is 2.08. The number of alkyl halides is 1. The SMILES string of the molecule is COC(=O)c1ccc(C(Br)C(C)=O)c(N)c1. The van der Waals surface area contributed by atoms with Crippen LogP contribution in [0.15, 0.2) is 18.2 Å². The number of ketones is 1. The van der Waals surface area contributed by atoms with E-state index in [1.54, 1.807) is 12.1 Å². The van der Waals surface area contributed by atoms with E-state index in [0.717, 1.165) is 0 Å². The van der Waals surface area contributed by atoms with Gasteiger partial charge in [-0.3, -0.25) is 4.79 Å². The van der Waals surface area contributed by atoms with Crippen LogP contribution in [-0.2, 0) is 9.53 Å². The number of ether oxygens (including phenoxy) is 1. The average Bonchev–Trinajstić information content (AvgIpc) is 2.26. The third-order valence-corrected chi connectivity index (χ3v) is 3.28. The van der Waals surface area contributed by atoms with Crippen LogP contribution in [-0.4, -0.2) is 18.9 Å². The summed E-state index contributed by atoms with van der Waals surface area (Å²) in [6.45, 7) is 1.47. The molecule has 1 aromatic carbocycles. The maximum absolute atomic E-state index is 11.2. The second kappa shape index (κ2) is 5.12. The molecule has 1 rings (SSSR count). The van der Waals surface area contributed by atoms with Crippen LogP contribution in [0.1, 0.15) is 27.7 Å². The smallest absolute Gasteiger partial charge is 0.337 e. The van der Waals surface area contributed by atoms with Crippen LogP contribution < -0.4 is 5.73 Å². The number of anilines is 1. The van der Waals surface area contributed by atoms with E-state index in [0.29, 0.717) is 16.8 Å². The van der Waals surface area contributed by atoms with Gasteiger partial charge in [-0.05, 0) is 24.6 Å². The van der Waals surface area contributed by atoms with Crippen molar-refractivity contribution in [2.75, 3.05) is 12.8 Å². The van der Waals surface area contributed by atoms with E-state index in [4.69, 9.17) is 5.73 Å². The first-order valence-corrected chi connectivity index (χ1v) is 5.51. The van der Waals surface area contributed by atoms with Gasteiger partial charge in [-0.1, -0.05) is 22.0 Å². The molecule has 4 nitrogen and oxygen atoms in total. The zero-order chi connectivity index (χ0) is 12.3. The second-order valence-corrected chi connectivity index (χ2v) is 4.22. The van der Waals surface area contributed by atoms with Crippen molar-refractivity contribution >= 4 is 33.4 Å². The first-order chi connectivity index (χ1) is 7.47. The number of benzene rings is 1. The largest absolute Gasteiger partial charge is 0.465 e. The monoisotopic (exact) mass is 285 g/mol. The van der Waals surface area contributed by atoms with Gasteiger partial charge in [0.25, 0.3) is 0 Å². The number of rotatable bonds is 3. The number of Topliss-reactive ketones (excluding diaryl/α,β-unsaturated/α-hetero) is 1. The van der Waals surface area contributed by atoms with E-state index >= 15 is 0 Å². The Hall–Kier alpha value is -1.36. The predicted molar refractivity (Wildman–Crippen MR) is 64.5 cm³/mol. The number of hydrogen-bond donors (Lipinski definition) is 1. The van der Waals surface area contributed by atoms with E-state index in [1.165, 1.54) is 20.1 Å². The van der Waals surface area contributed by atoms with Crippen LogP contribution in [0, 0.1) is 0 Å². The lowest BCUT2D eigenvalue weighted by Gasteiger charge is -2.10. The summed E-state index contributed by atoms with van der Waals surface area (Å²) in [6, 6.07) is 4.72. The molecule has 0 fully saturated rings. The van der Waals surface area contributed by atoms with Gasteiger partial charge in [0.1, 0.15) is 5.78 Å². The Morgan fingerprint density at radius 2 is 2.06 bits per heavy atom. The minimum absolute atomic E-state index is 0.0440. The van der Waals surface area contributed by atoms with Gasteiger partial charge < -0.3 is 10.5 Å². The van der Waals surface area contributed by atoms with E-state index in [-0.39, 0.29) is 5.78 Å². The molecule has 0 aromatic heterocycles. The number of nitrogen functional groups attached to an aromatic ring is 1. The molecule has 1 atom stereocenters. The highest BCUT2D eigenvalue weighted by Crippen LogP contribution is 2.29. The van der Waals surface area contributed by atoms with Gasteiger partial charge in [-0.25, -0.2) is 4.79 Å². The number of esters is 1. The molecule has 0 aliphatic carbocycles. The summed E-state index contributed by atoms with van der Waals surface area (Å²) in [7, 11) is 1.30. The maximum Gasteiger partial charge on any atom is 0.337 e. The van der Waals surface area contributed by atoms with Crippen molar-refractivity contribution in [1.29, 1.82) is 0 Å². The summed E-state index contributed by atoms with van der Waals surface area (Å²) in [6.07, 6.45) is 0. The Morgan fingerprint density at radius 3 is 2.50 bits per heavy atom. The normalized spacial score (nSPS) is 11.9. The van der Waals surface area contributed by atoms with Crippen molar-refractivity contribution in [2.24, 2.45) is 0 Å². The van der Waals surface area contributed by atoms with Gasteiger partial charge in [0, 0.05) is 5.69 Å². The number of carbonyl (C=O) groups is 2. The van der Waals surface area contributed by atoms with Crippen molar-refractivity contribution in [3.8, 4) is 0 Å². The molecule has 1 unspecified atom stereocenters. The lowest BCUT2D eigenvalue weighted by atomic mass is 10.0. The summed E-state index contributed by atoms with van der Waals surface area (Å²) in [5, 5.41) is 0. The molecular formula is C11H12BrNO3. The molecule has 86 valence electrons. The van der Waals surface area contributed by atoms with E-state index in [2.05, 4.69) is 20.7 Å². The molecule has 0 bridgehead atoms. The number of halogens is 1. The van der Waals surface area contributed by atoms with Crippen LogP contribution in [0.4, 0.5) is 5.69 Å². The standard InChI is InChI=1S/C11H12BrNO3/c1-6(14)10(12)8-4-3-7(5-9(8)13)11(15)16-2/h3-5,10H,13H2,1-2H3. The number of hydrogen-bond acceptors (Lipinski definition) is 4. The minimum Gasteiger partial charge on any atom is -0.465 e. The minimum atomic E-state index is -0.452. The van der Waals surface area contributed by atoms with Crippen molar-refractivity contribution in [1.82, 2.24) is 0 Å². The van der Waals surface area contributed by atoms with Crippen molar-refractivity contribution < 1.29 is 14.3 Å². The zero-order valence-electron chi connectivity index (χ0n) is 8.99. The highest BCUT2D eigenvalue weighted by molar-refractivity contribution is 9.09. The van der Waals surface area contributed by atoms with Gasteiger partial charge in [-0.15, -0.1) is 0 Å². The van der Waals surface area contributed by atoms with E-state index < -0.39 is 10.8 Å². The van der Waals surface area contributed by atoms with Crippen molar-refractivity contribution in [3.63, 3.8) is 0 Å². The lowest BCUT2D eigenvalue weighted by Crippen LogP contribution is -2.07. The fourth-order valence-corrected chi connectivity index (χ4v) is 1.69. The Morgan fingerprint density at radius 1 is 1.44 bits per heavy atom. The molecule has 0 saturated carbocycles. The second-order valence-electron chi connectivity index (χ2n) is 3.31. The Bertz CT molecular complexity index is 431. The molecule has 5 heteroatoms. The first-order valence-electron chi connectivity index (χ1n) is 4.59. The topological polar surface area (TPSA) is 69.4 Å². The molecule has 1 aromatic rings. The molecule has 0 spiro atoms. The molecular weight excluding hydrogens is 274 g/mol. The summed E-state index contributed by atoms with van der Waals surface area (Å²) in [4.78, 5) is 22.0. The molecule has 0 radical (unpaired) electrons. The zero-order valence-corrected chi connectivity index (χ0v) is 10.6. The summed E-state index contributed by atoms with van der Waals surface area (Å²) >= 11 is 3.23. The van der Waals surface area contributed by atoms with Gasteiger partial charge >= 0.3 is 5.97 Å². The van der Waals surface area contributed by atoms with Gasteiger partial charge in [0.2, 0.25) is 0 Å². The number of methoxy groups -OCH3 is 1. The van der Waals surface area contributed by atoms with Crippen LogP contribution in [0.3, 0.4) is 0 Å². The first kappa shape index (κ1) is 12.7. The molecule has 2 N–H and O–H groups in total. The number of nitrogens with two attached hydrogens (primary N) is 1. The van der Waals surface area contributed by atoms with Crippen LogP contribution in [0.2, 0.25) is 0 Å². The fourth-order valence-electron chi connectivity index (χ4n) is 1.27. The fraction of sp³-hybridized carbons (Fsp3) is 0.273. The van der Waals surface area contributed by atoms with Gasteiger partial charge in [0.15, 0.2) is 0 Å². The molecule has 0 amide bonds. The van der Waals surface area contributed by atoms with E-state index in [1.807, 2.05) is 0 Å². The molecule has 0 heterocycles. The molecule has 0 aliphatic rings.